The quantitative estimate of drug-likeness (QED) is 0.326. The van der Waals surface area contributed by atoms with Crippen LogP contribution in [0, 0.1) is 22.7 Å². The second kappa shape index (κ2) is 11.5. The molecule has 0 bridgehead atoms. The topological polar surface area (TPSA) is 47.6 Å². The van der Waals surface area contributed by atoms with Crippen molar-refractivity contribution in [3.8, 4) is 12.1 Å². The highest BCUT2D eigenvalue weighted by Gasteiger charge is 2.28. The average molecular weight is 333 g/mol. The maximum absolute atomic E-state index is 9.09. The summed E-state index contributed by atoms with van der Waals surface area (Å²) in [6.07, 6.45) is 5.70. The van der Waals surface area contributed by atoms with Gasteiger partial charge in [0.25, 0.3) is 0 Å². The van der Waals surface area contributed by atoms with Crippen molar-refractivity contribution in [3.05, 3.63) is 24.1 Å². The normalized spacial score (nSPS) is 14.2. The van der Waals surface area contributed by atoms with Crippen LogP contribution < -0.4 is 0 Å². The molecule has 0 amide bonds. The summed E-state index contributed by atoms with van der Waals surface area (Å²) >= 11 is 0. The first kappa shape index (κ1) is 20.9. The van der Waals surface area contributed by atoms with Gasteiger partial charge in [-0.15, -0.1) is 12.3 Å². The van der Waals surface area contributed by atoms with Gasteiger partial charge in [-0.1, -0.05) is 69.6 Å². The molecule has 22 heavy (non-hydrogen) atoms. The lowest BCUT2D eigenvalue weighted by molar-refractivity contribution is 0.913. The highest BCUT2D eigenvalue weighted by atomic mass is 28.3. The lowest BCUT2D eigenvalue weighted by atomic mass is 10.3. The lowest BCUT2D eigenvalue weighted by Crippen LogP contribution is -2.30. The van der Waals surface area contributed by atoms with Crippen molar-refractivity contribution in [2.45, 2.75) is 76.3 Å². The van der Waals surface area contributed by atoms with Gasteiger partial charge < -0.3 is 0 Å². The van der Waals surface area contributed by atoms with Gasteiger partial charge in [-0.05, 0) is 6.42 Å². The maximum atomic E-state index is 9.09. The fourth-order valence-electron chi connectivity index (χ4n) is 3.09. The van der Waals surface area contributed by atoms with Gasteiger partial charge in [-0.2, -0.15) is 10.5 Å². The molecular formula is C18H32N2Si2. The third-order valence-corrected chi connectivity index (χ3v) is 14.2. The van der Waals surface area contributed by atoms with Crippen LogP contribution in [0.15, 0.2) is 24.1 Å². The number of nitrogens with zero attached hydrogens (tertiary/aromatic N) is 2. The standard InChI is InChI=1S/C18H32N2Si2/c1-5-14-22(8-4,18-13-20)16-11-9-10-15-21(6-2,7-3)17-12-19/h8,10,15H,4-7,9,11,14,16-18H2,1-3H3/b15-10+. The summed E-state index contributed by atoms with van der Waals surface area (Å²) in [7, 11) is -3.05. The van der Waals surface area contributed by atoms with Gasteiger partial charge in [0.15, 0.2) is 0 Å². The Balaban J connectivity index is 4.56. The predicted octanol–water partition coefficient (Wildman–Crippen LogP) is 5.98. The van der Waals surface area contributed by atoms with E-state index in [0.717, 1.165) is 37.4 Å². The Kier molecular flexibility index (Phi) is 10.9. The van der Waals surface area contributed by atoms with Crippen LogP contribution in [-0.2, 0) is 0 Å². The number of nitriles is 2. The molecule has 0 radical (unpaired) electrons. The molecular weight excluding hydrogens is 300 g/mol. The van der Waals surface area contributed by atoms with E-state index in [0.29, 0.717) is 6.04 Å². The molecule has 0 aromatic carbocycles. The van der Waals surface area contributed by atoms with Crippen molar-refractivity contribution >= 4 is 16.1 Å². The molecule has 0 rings (SSSR count). The summed E-state index contributed by atoms with van der Waals surface area (Å²) in [6.45, 7) is 10.7. The van der Waals surface area contributed by atoms with Gasteiger partial charge in [0.1, 0.15) is 0 Å². The molecule has 0 saturated carbocycles. The van der Waals surface area contributed by atoms with Crippen LogP contribution in [0.2, 0.25) is 36.3 Å². The maximum Gasteiger partial charge on any atom is 0.0920 e. The molecule has 122 valence electrons. The number of hydrogen-bond acceptors (Lipinski definition) is 2. The predicted molar refractivity (Wildman–Crippen MR) is 102 cm³/mol. The van der Waals surface area contributed by atoms with Gasteiger partial charge in [-0.3, -0.25) is 0 Å². The molecule has 0 spiro atoms. The van der Waals surface area contributed by atoms with Crippen LogP contribution in [0.4, 0.5) is 0 Å². The molecule has 1 unspecified atom stereocenters. The fourth-order valence-corrected chi connectivity index (χ4v) is 9.04. The van der Waals surface area contributed by atoms with Crippen molar-refractivity contribution < 1.29 is 0 Å². The highest BCUT2D eigenvalue weighted by molar-refractivity contribution is 6.85. The van der Waals surface area contributed by atoms with E-state index < -0.39 is 16.1 Å². The van der Waals surface area contributed by atoms with Crippen molar-refractivity contribution in [1.82, 2.24) is 0 Å². The lowest BCUT2D eigenvalue weighted by Gasteiger charge is -2.25. The van der Waals surface area contributed by atoms with E-state index in [-0.39, 0.29) is 0 Å². The molecule has 0 aromatic rings. The summed E-state index contributed by atoms with van der Waals surface area (Å²) < 4.78 is 0. The van der Waals surface area contributed by atoms with Crippen LogP contribution in [0.5, 0.6) is 0 Å². The van der Waals surface area contributed by atoms with Crippen LogP contribution in [0.25, 0.3) is 0 Å². The van der Waals surface area contributed by atoms with E-state index in [1.54, 1.807) is 0 Å². The number of rotatable bonds is 12. The van der Waals surface area contributed by atoms with Gasteiger partial charge in [0, 0.05) is 12.1 Å². The van der Waals surface area contributed by atoms with Crippen molar-refractivity contribution in [2.24, 2.45) is 0 Å². The third-order valence-electron chi connectivity index (χ3n) is 4.97. The first-order valence-corrected chi connectivity index (χ1v) is 14.0. The number of unbranched alkanes of at least 4 members (excludes halogenated alkanes) is 1. The minimum atomic E-state index is -1.57. The largest absolute Gasteiger partial charge is 0.199 e. The summed E-state index contributed by atoms with van der Waals surface area (Å²) in [6, 6.07) is 10.9. The van der Waals surface area contributed by atoms with E-state index in [9.17, 15) is 0 Å². The highest BCUT2D eigenvalue weighted by Crippen LogP contribution is 2.27. The number of allylic oxidation sites excluding steroid dienone is 1. The summed E-state index contributed by atoms with van der Waals surface area (Å²) in [5.41, 5.74) is 4.54. The third kappa shape index (κ3) is 6.77. The Hall–Kier alpha value is -1.11. The van der Waals surface area contributed by atoms with E-state index in [1.807, 2.05) is 0 Å². The molecule has 0 aliphatic rings. The minimum Gasteiger partial charge on any atom is -0.199 e. The molecule has 0 N–H and O–H groups in total. The zero-order chi connectivity index (χ0) is 16.9. The van der Waals surface area contributed by atoms with Crippen LogP contribution in [0.1, 0.15) is 40.0 Å². The second-order valence-corrected chi connectivity index (χ2v) is 15.7. The van der Waals surface area contributed by atoms with Gasteiger partial charge in [0.2, 0.25) is 0 Å². The van der Waals surface area contributed by atoms with E-state index in [2.05, 4.69) is 57.0 Å². The zero-order valence-electron chi connectivity index (χ0n) is 14.7. The summed E-state index contributed by atoms with van der Waals surface area (Å²) in [5.74, 6) is 0. The average Bonchev–Trinajstić information content (AvgIpc) is 2.53. The molecule has 0 aromatic heterocycles. The Morgan fingerprint density at radius 2 is 1.55 bits per heavy atom. The van der Waals surface area contributed by atoms with Crippen molar-refractivity contribution in [2.75, 3.05) is 0 Å². The summed E-state index contributed by atoms with van der Waals surface area (Å²) in [4.78, 5) is 0. The van der Waals surface area contributed by atoms with Crippen LogP contribution in [-0.4, -0.2) is 16.1 Å². The monoisotopic (exact) mass is 332 g/mol. The van der Waals surface area contributed by atoms with Gasteiger partial charge >= 0.3 is 0 Å². The Morgan fingerprint density at radius 3 is 2.00 bits per heavy atom. The molecule has 4 heteroatoms. The Morgan fingerprint density at radius 1 is 0.955 bits per heavy atom. The van der Waals surface area contributed by atoms with Crippen molar-refractivity contribution in [1.29, 1.82) is 10.5 Å². The minimum absolute atomic E-state index is 0.713. The molecule has 0 aliphatic carbocycles. The molecule has 0 heterocycles. The van der Waals surface area contributed by atoms with E-state index in [4.69, 9.17) is 10.5 Å². The first-order chi connectivity index (χ1) is 10.6. The van der Waals surface area contributed by atoms with Gasteiger partial charge in [0.05, 0.1) is 28.3 Å². The molecule has 1 atom stereocenters. The zero-order valence-corrected chi connectivity index (χ0v) is 16.7. The van der Waals surface area contributed by atoms with E-state index in [1.165, 1.54) is 12.1 Å². The molecule has 2 nitrogen and oxygen atoms in total. The first-order valence-electron chi connectivity index (χ1n) is 8.62. The second-order valence-electron chi connectivity index (χ2n) is 6.35. The van der Waals surface area contributed by atoms with E-state index >= 15 is 0 Å². The molecule has 0 saturated heterocycles. The van der Waals surface area contributed by atoms with Gasteiger partial charge in [-0.25, -0.2) is 0 Å². The van der Waals surface area contributed by atoms with Crippen molar-refractivity contribution in [3.63, 3.8) is 0 Å². The fraction of sp³-hybridized carbons (Fsp3) is 0.667. The molecule has 0 fully saturated rings. The number of hydrogen-bond donors (Lipinski definition) is 0. The Bertz CT molecular complexity index is 427. The molecule has 0 aliphatic heterocycles. The van der Waals surface area contributed by atoms with Crippen LogP contribution >= 0.6 is 0 Å². The smallest absolute Gasteiger partial charge is 0.0920 e. The summed E-state index contributed by atoms with van der Waals surface area (Å²) in [5, 5.41) is 18.1. The van der Waals surface area contributed by atoms with Crippen LogP contribution in [0.3, 0.4) is 0 Å². The Labute approximate surface area is 139 Å². The SMILES string of the molecule is C=C[Si](CC#N)(CCC)CCC/C=C/[Si](CC)(CC)CC#N.